The van der Waals surface area contributed by atoms with E-state index in [4.69, 9.17) is 17.0 Å². The summed E-state index contributed by atoms with van der Waals surface area (Å²) in [5.41, 5.74) is 0.485. The van der Waals surface area contributed by atoms with E-state index in [9.17, 15) is 8.42 Å². The molecular formula is C15H16N2O3S2. The summed E-state index contributed by atoms with van der Waals surface area (Å²) in [7, 11) is -0.407. The summed E-state index contributed by atoms with van der Waals surface area (Å²) >= 11 is 5.05. The first-order valence-electron chi connectivity index (χ1n) is 6.46. The van der Waals surface area contributed by atoms with Crippen molar-refractivity contribution in [1.29, 1.82) is 0 Å². The molecule has 0 amide bonds. The predicted molar refractivity (Wildman–Crippen MR) is 90.2 cm³/mol. The average Bonchev–Trinajstić information content (AvgIpc) is 2.55. The molecule has 0 atom stereocenters. The molecule has 2 rings (SSSR count). The molecule has 0 aliphatic rings. The van der Waals surface area contributed by atoms with Gasteiger partial charge in [0.05, 0.1) is 22.6 Å². The third-order valence-electron chi connectivity index (χ3n) is 3.01. The van der Waals surface area contributed by atoms with Crippen LogP contribution in [0.15, 0.2) is 58.3 Å². The van der Waals surface area contributed by atoms with Crippen molar-refractivity contribution < 1.29 is 13.2 Å². The zero-order chi connectivity index (χ0) is 16.2. The Morgan fingerprint density at radius 1 is 1.09 bits per heavy atom. The standard InChI is InChI=1S/C15H16N2O3S2/c1-16-15(21)17-13-10-12(8-9-14(13)20-2)22(18,19)11-6-4-3-5-7-11/h3-10H,1-2H3,(H2,16,17,21). The highest BCUT2D eigenvalue weighted by Crippen LogP contribution is 2.30. The van der Waals surface area contributed by atoms with Crippen LogP contribution in [0.2, 0.25) is 0 Å². The van der Waals surface area contributed by atoms with Crippen LogP contribution in [0.3, 0.4) is 0 Å². The smallest absolute Gasteiger partial charge is 0.206 e. The number of hydrogen-bond donors (Lipinski definition) is 2. The third kappa shape index (κ3) is 3.37. The van der Waals surface area contributed by atoms with E-state index in [0.717, 1.165) is 0 Å². The summed E-state index contributed by atoms with van der Waals surface area (Å²) in [6.45, 7) is 0. The van der Waals surface area contributed by atoms with Gasteiger partial charge < -0.3 is 15.4 Å². The molecule has 0 saturated carbocycles. The number of anilines is 1. The van der Waals surface area contributed by atoms with Crippen LogP contribution in [0.25, 0.3) is 0 Å². The lowest BCUT2D eigenvalue weighted by molar-refractivity contribution is 0.416. The first kappa shape index (κ1) is 16.3. The van der Waals surface area contributed by atoms with Crippen LogP contribution in [0.4, 0.5) is 5.69 Å². The van der Waals surface area contributed by atoms with E-state index in [0.29, 0.717) is 16.5 Å². The Morgan fingerprint density at radius 2 is 1.77 bits per heavy atom. The molecule has 22 heavy (non-hydrogen) atoms. The van der Waals surface area contributed by atoms with Crippen LogP contribution in [0.1, 0.15) is 0 Å². The number of thiocarbonyl (C=S) groups is 1. The van der Waals surface area contributed by atoms with Crippen LogP contribution in [0.5, 0.6) is 5.75 Å². The lowest BCUT2D eigenvalue weighted by atomic mass is 10.3. The first-order chi connectivity index (χ1) is 10.5. The second-order valence-corrected chi connectivity index (χ2v) is 6.74. The fourth-order valence-electron chi connectivity index (χ4n) is 1.87. The molecule has 5 nitrogen and oxygen atoms in total. The van der Waals surface area contributed by atoms with Crippen molar-refractivity contribution in [2.45, 2.75) is 9.79 Å². The second-order valence-electron chi connectivity index (χ2n) is 4.38. The van der Waals surface area contributed by atoms with Crippen molar-refractivity contribution in [2.75, 3.05) is 19.5 Å². The predicted octanol–water partition coefficient (Wildman–Crippen LogP) is 2.44. The second kappa shape index (κ2) is 6.76. The Balaban J connectivity index is 2.48. The minimum absolute atomic E-state index is 0.168. The van der Waals surface area contributed by atoms with Gasteiger partial charge in [-0.05, 0) is 42.5 Å². The number of rotatable bonds is 4. The Kier molecular flexibility index (Phi) is 4.99. The number of benzene rings is 2. The number of hydrogen-bond acceptors (Lipinski definition) is 4. The molecule has 116 valence electrons. The zero-order valence-electron chi connectivity index (χ0n) is 12.2. The number of ether oxygens (including phenoxy) is 1. The van der Waals surface area contributed by atoms with Gasteiger partial charge in [-0.3, -0.25) is 0 Å². The Labute approximate surface area is 135 Å². The quantitative estimate of drug-likeness (QED) is 0.836. The molecule has 0 saturated heterocycles. The van der Waals surface area contributed by atoms with Crippen molar-refractivity contribution in [3.8, 4) is 5.75 Å². The first-order valence-corrected chi connectivity index (χ1v) is 8.35. The summed E-state index contributed by atoms with van der Waals surface area (Å²) < 4.78 is 30.5. The number of methoxy groups -OCH3 is 1. The van der Waals surface area contributed by atoms with Crippen molar-refractivity contribution in [3.63, 3.8) is 0 Å². The van der Waals surface area contributed by atoms with Gasteiger partial charge in [-0.2, -0.15) is 0 Å². The highest BCUT2D eigenvalue weighted by Gasteiger charge is 2.19. The maximum absolute atomic E-state index is 12.6. The van der Waals surface area contributed by atoms with Crippen LogP contribution in [0, 0.1) is 0 Å². The molecule has 0 radical (unpaired) electrons. The Bertz CT molecular complexity index is 775. The highest BCUT2D eigenvalue weighted by molar-refractivity contribution is 7.91. The highest BCUT2D eigenvalue weighted by atomic mass is 32.2. The lowest BCUT2D eigenvalue weighted by Gasteiger charge is -2.13. The van der Waals surface area contributed by atoms with E-state index in [1.54, 1.807) is 43.4 Å². The SMILES string of the molecule is CNC(=S)Nc1cc(S(=O)(=O)c2ccccc2)ccc1OC. The van der Waals surface area contributed by atoms with Gasteiger partial charge in [-0.15, -0.1) is 0 Å². The fourth-order valence-corrected chi connectivity index (χ4v) is 3.29. The van der Waals surface area contributed by atoms with Gasteiger partial charge in [0.25, 0.3) is 0 Å². The summed E-state index contributed by atoms with van der Waals surface area (Å²) in [6.07, 6.45) is 0. The molecule has 0 bridgehead atoms. The molecular weight excluding hydrogens is 320 g/mol. The van der Waals surface area contributed by atoms with Gasteiger partial charge in [0.1, 0.15) is 5.75 Å². The summed E-state index contributed by atoms with van der Waals surface area (Å²) in [5.74, 6) is 0.504. The topological polar surface area (TPSA) is 67.4 Å². The molecule has 2 aromatic rings. The summed E-state index contributed by atoms with van der Waals surface area (Å²) in [5, 5.41) is 6.04. The molecule has 0 unspecified atom stereocenters. The van der Waals surface area contributed by atoms with E-state index < -0.39 is 9.84 Å². The van der Waals surface area contributed by atoms with Crippen molar-refractivity contribution in [3.05, 3.63) is 48.5 Å². The monoisotopic (exact) mass is 336 g/mol. The number of nitrogens with one attached hydrogen (secondary N) is 2. The molecule has 0 heterocycles. The molecule has 0 aliphatic carbocycles. The van der Waals surface area contributed by atoms with Gasteiger partial charge in [-0.25, -0.2) is 8.42 Å². The van der Waals surface area contributed by atoms with Crippen molar-refractivity contribution in [1.82, 2.24) is 5.32 Å². The maximum atomic E-state index is 12.6. The molecule has 0 fully saturated rings. The van der Waals surface area contributed by atoms with Crippen LogP contribution in [-0.2, 0) is 9.84 Å². The molecule has 0 spiro atoms. The minimum Gasteiger partial charge on any atom is -0.495 e. The number of sulfone groups is 1. The molecule has 0 aromatic heterocycles. The van der Waals surface area contributed by atoms with Gasteiger partial charge in [0.15, 0.2) is 5.11 Å². The van der Waals surface area contributed by atoms with Crippen LogP contribution >= 0.6 is 12.2 Å². The largest absolute Gasteiger partial charge is 0.495 e. The van der Waals surface area contributed by atoms with Crippen LogP contribution < -0.4 is 15.4 Å². The average molecular weight is 336 g/mol. The fraction of sp³-hybridized carbons (Fsp3) is 0.133. The molecule has 7 heteroatoms. The van der Waals surface area contributed by atoms with E-state index >= 15 is 0 Å². The van der Waals surface area contributed by atoms with Crippen LogP contribution in [-0.4, -0.2) is 27.7 Å². The zero-order valence-corrected chi connectivity index (χ0v) is 13.8. The molecule has 2 aromatic carbocycles. The summed E-state index contributed by atoms with van der Waals surface area (Å²) in [4.78, 5) is 0.406. The van der Waals surface area contributed by atoms with E-state index in [1.165, 1.54) is 19.2 Å². The van der Waals surface area contributed by atoms with E-state index in [-0.39, 0.29) is 9.79 Å². The Morgan fingerprint density at radius 3 is 2.36 bits per heavy atom. The van der Waals surface area contributed by atoms with Gasteiger partial charge in [-0.1, -0.05) is 18.2 Å². The summed E-state index contributed by atoms with van der Waals surface area (Å²) in [6, 6.07) is 12.9. The lowest BCUT2D eigenvalue weighted by Crippen LogP contribution is -2.24. The van der Waals surface area contributed by atoms with Gasteiger partial charge in [0, 0.05) is 7.05 Å². The molecule has 0 aliphatic heterocycles. The normalized spacial score (nSPS) is 10.8. The minimum atomic E-state index is -3.59. The Hall–Kier alpha value is -2.12. The van der Waals surface area contributed by atoms with E-state index in [2.05, 4.69) is 10.6 Å². The third-order valence-corrected chi connectivity index (χ3v) is 5.08. The van der Waals surface area contributed by atoms with E-state index in [1.807, 2.05) is 0 Å². The van der Waals surface area contributed by atoms with Crippen molar-refractivity contribution in [2.24, 2.45) is 0 Å². The molecule has 2 N–H and O–H groups in total. The van der Waals surface area contributed by atoms with Gasteiger partial charge >= 0.3 is 0 Å². The maximum Gasteiger partial charge on any atom is 0.206 e. The van der Waals surface area contributed by atoms with Gasteiger partial charge in [0.2, 0.25) is 9.84 Å². The van der Waals surface area contributed by atoms with Crippen molar-refractivity contribution >= 4 is 32.9 Å².